The molecule has 0 aliphatic carbocycles. The number of aryl methyl sites for hydroxylation is 2. The molecule has 0 fully saturated rings. The molecule has 0 aliphatic rings. The number of benzene rings is 3. The minimum atomic E-state index is 0. The first-order valence-corrected chi connectivity index (χ1v) is 12.6. The summed E-state index contributed by atoms with van der Waals surface area (Å²) in [6, 6.07) is 32.7. The molecule has 3 nitrogen and oxygen atoms in total. The van der Waals surface area contributed by atoms with Crippen LogP contribution in [0.4, 0.5) is 0 Å². The van der Waals surface area contributed by atoms with Gasteiger partial charge in [0.1, 0.15) is 5.58 Å². The van der Waals surface area contributed by atoms with Gasteiger partial charge in [0.2, 0.25) is 0 Å². The average Bonchev–Trinajstić information content (AvgIpc) is 3.54. The zero-order valence-electron chi connectivity index (χ0n) is 20.3. The van der Waals surface area contributed by atoms with E-state index in [4.69, 9.17) is 4.42 Å². The molecule has 1 radical (unpaired) electrons. The first-order chi connectivity index (χ1) is 17.7. The zero-order chi connectivity index (χ0) is 24.5. The van der Waals surface area contributed by atoms with Crippen LogP contribution in [0.15, 0.2) is 101 Å². The second-order valence-electron chi connectivity index (χ2n) is 8.65. The standard InChI is InChI=1S/C21H14NOS.C11H8N.Ir/c1-12-8-18(22-11-13(12)2)16-5-3-4-15-17-10-20-14(6-7-24-20)9-19(17)23-21(15)16;1-2-6-10(7-3-1)11-8-4-5-9-12-11;/h3-4,6-11H,1-2H3;1-6,8-9H;/q2*-1;. The minimum absolute atomic E-state index is 0. The molecule has 0 amide bonds. The number of aromatic nitrogens is 2. The number of nitrogens with zero attached hydrogens (tertiary/aromatic N) is 2. The SMILES string of the molecule is Cc1cnc(-c2[c-]ccc3c2oc2cc4ccsc4cc23)cc1C.[Ir].[c-]1ccccc1-c1ccccn1. The van der Waals surface area contributed by atoms with Crippen molar-refractivity contribution >= 4 is 43.4 Å². The van der Waals surface area contributed by atoms with Crippen LogP contribution in [0.2, 0.25) is 0 Å². The number of hydrogen-bond donors (Lipinski definition) is 0. The van der Waals surface area contributed by atoms with Crippen molar-refractivity contribution < 1.29 is 24.5 Å². The summed E-state index contributed by atoms with van der Waals surface area (Å²) in [5.74, 6) is 0. The van der Waals surface area contributed by atoms with Crippen LogP contribution in [0, 0.1) is 26.0 Å². The molecule has 0 saturated heterocycles. The predicted molar refractivity (Wildman–Crippen MR) is 149 cm³/mol. The molecule has 0 bridgehead atoms. The third-order valence-corrected chi connectivity index (χ3v) is 7.16. The minimum Gasteiger partial charge on any atom is -0.501 e. The summed E-state index contributed by atoms with van der Waals surface area (Å²) in [6.45, 7) is 4.18. The number of hydrogen-bond acceptors (Lipinski definition) is 4. The smallest absolute Gasteiger partial charge is 0.121 e. The Morgan fingerprint density at radius 2 is 1.68 bits per heavy atom. The van der Waals surface area contributed by atoms with Gasteiger partial charge in [0, 0.05) is 42.6 Å². The van der Waals surface area contributed by atoms with Gasteiger partial charge in [0.05, 0.1) is 5.58 Å². The monoisotopic (exact) mass is 675 g/mol. The fourth-order valence-corrected chi connectivity index (χ4v) is 5.03. The van der Waals surface area contributed by atoms with Gasteiger partial charge in [0.25, 0.3) is 0 Å². The van der Waals surface area contributed by atoms with E-state index < -0.39 is 0 Å². The van der Waals surface area contributed by atoms with Crippen LogP contribution in [0.1, 0.15) is 11.1 Å². The van der Waals surface area contributed by atoms with E-state index in [-0.39, 0.29) is 20.1 Å². The maximum absolute atomic E-state index is 6.22. The van der Waals surface area contributed by atoms with Crippen LogP contribution in [-0.2, 0) is 20.1 Å². The summed E-state index contributed by atoms with van der Waals surface area (Å²) >= 11 is 1.76. The van der Waals surface area contributed by atoms with Crippen molar-refractivity contribution in [2.45, 2.75) is 13.8 Å². The molecule has 0 spiro atoms. The normalized spacial score (nSPS) is 10.8. The molecule has 0 N–H and O–H groups in total. The third-order valence-electron chi connectivity index (χ3n) is 6.28. The Morgan fingerprint density at radius 1 is 0.784 bits per heavy atom. The number of furan rings is 1. The Morgan fingerprint density at radius 3 is 2.46 bits per heavy atom. The van der Waals surface area contributed by atoms with E-state index in [1.165, 1.54) is 21.2 Å². The van der Waals surface area contributed by atoms with Crippen molar-refractivity contribution in [1.82, 2.24) is 9.97 Å². The van der Waals surface area contributed by atoms with Gasteiger partial charge in [-0.15, -0.1) is 65.4 Å². The van der Waals surface area contributed by atoms with E-state index in [0.717, 1.165) is 44.5 Å². The van der Waals surface area contributed by atoms with Crippen LogP contribution in [0.25, 0.3) is 54.5 Å². The average molecular weight is 675 g/mol. The predicted octanol–water partition coefficient (Wildman–Crippen LogP) is 8.83. The fraction of sp³-hybridized carbons (Fsp3) is 0.0625. The number of thiophene rings is 1. The second kappa shape index (κ2) is 10.8. The molecule has 4 aromatic heterocycles. The summed E-state index contributed by atoms with van der Waals surface area (Å²) in [5, 5.41) is 5.61. The number of rotatable bonds is 2. The Kier molecular flexibility index (Phi) is 7.29. The number of pyridine rings is 2. The largest absolute Gasteiger partial charge is 0.501 e. The summed E-state index contributed by atoms with van der Waals surface area (Å²) in [4.78, 5) is 8.80. The van der Waals surface area contributed by atoms with Crippen molar-refractivity contribution in [1.29, 1.82) is 0 Å². The van der Waals surface area contributed by atoms with Gasteiger partial charge in [-0.1, -0.05) is 34.7 Å². The van der Waals surface area contributed by atoms with Gasteiger partial charge in [-0.05, 0) is 65.8 Å². The van der Waals surface area contributed by atoms with Gasteiger partial charge < -0.3 is 14.4 Å². The van der Waals surface area contributed by atoms with Crippen LogP contribution < -0.4 is 0 Å². The molecule has 37 heavy (non-hydrogen) atoms. The van der Waals surface area contributed by atoms with Gasteiger partial charge in [-0.2, -0.15) is 0 Å². The second-order valence-corrected chi connectivity index (χ2v) is 9.60. The maximum Gasteiger partial charge on any atom is 0.121 e. The van der Waals surface area contributed by atoms with E-state index in [2.05, 4.69) is 71.7 Å². The first-order valence-electron chi connectivity index (χ1n) is 11.7. The van der Waals surface area contributed by atoms with Crippen LogP contribution in [-0.4, -0.2) is 9.97 Å². The van der Waals surface area contributed by atoms with Gasteiger partial charge in [-0.25, -0.2) is 0 Å². The van der Waals surface area contributed by atoms with Crippen molar-refractivity contribution in [2.24, 2.45) is 0 Å². The van der Waals surface area contributed by atoms with Crippen molar-refractivity contribution in [3.63, 3.8) is 0 Å². The fourth-order valence-electron chi connectivity index (χ4n) is 4.22. The Bertz CT molecular complexity index is 1770. The third kappa shape index (κ3) is 4.99. The molecule has 0 unspecified atom stereocenters. The molecule has 4 heterocycles. The summed E-state index contributed by atoms with van der Waals surface area (Å²) in [6.07, 6.45) is 3.70. The Labute approximate surface area is 233 Å². The van der Waals surface area contributed by atoms with Crippen molar-refractivity contribution in [3.8, 4) is 22.5 Å². The molecule has 0 saturated carbocycles. The van der Waals surface area contributed by atoms with E-state index in [9.17, 15) is 0 Å². The summed E-state index contributed by atoms with van der Waals surface area (Å²) in [7, 11) is 0. The van der Waals surface area contributed by atoms with E-state index >= 15 is 0 Å². The zero-order valence-corrected chi connectivity index (χ0v) is 23.5. The topological polar surface area (TPSA) is 38.9 Å². The van der Waals surface area contributed by atoms with Crippen LogP contribution in [0.5, 0.6) is 0 Å². The molecule has 5 heteroatoms. The van der Waals surface area contributed by atoms with Crippen molar-refractivity contribution in [3.05, 3.63) is 120 Å². The first kappa shape index (κ1) is 25.0. The number of fused-ring (bicyclic) bond motifs is 4. The molecule has 0 atom stereocenters. The molecule has 7 rings (SSSR count). The van der Waals surface area contributed by atoms with Gasteiger partial charge in [0.15, 0.2) is 0 Å². The Balaban J connectivity index is 0.000000183. The molecular weight excluding hydrogens is 653 g/mol. The molecule has 0 aliphatic heterocycles. The summed E-state index contributed by atoms with van der Waals surface area (Å²) in [5.41, 5.74) is 8.04. The van der Waals surface area contributed by atoms with Crippen LogP contribution in [0.3, 0.4) is 0 Å². The quantitative estimate of drug-likeness (QED) is 0.172. The molecule has 183 valence electrons. The Hall–Kier alpha value is -3.63. The van der Waals surface area contributed by atoms with E-state index in [0.29, 0.717) is 0 Å². The maximum atomic E-state index is 6.22. The molecule has 3 aromatic carbocycles. The van der Waals surface area contributed by atoms with Gasteiger partial charge in [-0.3, -0.25) is 0 Å². The molecular formula is C32H22IrN2OS-2. The van der Waals surface area contributed by atoms with Crippen molar-refractivity contribution in [2.75, 3.05) is 0 Å². The summed E-state index contributed by atoms with van der Waals surface area (Å²) < 4.78 is 7.50. The van der Waals surface area contributed by atoms with E-state index in [1.807, 2.05) is 54.7 Å². The van der Waals surface area contributed by atoms with Gasteiger partial charge >= 0.3 is 0 Å². The molecule has 7 aromatic rings. The van der Waals surface area contributed by atoms with Crippen LogP contribution >= 0.6 is 11.3 Å². The van der Waals surface area contributed by atoms with E-state index in [1.54, 1.807) is 17.5 Å².